The van der Waals surface area contributed by atoms with E-state index in [2.05, 4.69) is 4.98 Å². The van der Waals surface area contributed by atoms with Gasteiger partial charge in [0, 0.05) is 11.6 Å². The number of rotatable bonds is 3. The summed E-state index contributed by atoms with van der Waals surface area (Å²) in [5, 5.41) is 0.361. The number of hydrogen-bond acceptors (Lipinski definition) is 1. The zero-order chi connectivity index (χ0) is 15.0. The Labute approximate surface area is 132 Å². The van der Waals surface area contributed by atoms with Crippen LogP contribution < -0.4 is 0 Å². The number of halogens is 3. The quantitative estimate of drug-likeness (QED) is 0.608. The molecule has 0 aliphatic rings. The van der Waals surface area contributed by atoms with Crippen LogP contribution in [0.1, 0.15) is 23.7 Å². The van der Waals surface area contributed by atoms with E-state index in [9.17, 15) is 4.39 Å². The van der Waals surface area contributed by atoms with Crippen molar-refractivity contribution in [1.82, 2.24) is 9.55 Å². The molecule has 1 atom stereocenters. The predicted octanol–water partition coefficient (Wildman–Crippen LogP) is 5.18. The van der Waals surface area contributed by atoms with Crippen molar-refractivity contribution in [3.63, 3.8) is 0 Å². The van der Waals surface area contributed by atoms with Gasteiger partial charge >= 0.3 is 0 Å². The molecule has 0 radical (unpaired) electrons. The average molecular weight is 323 g/mol. The first-order chi connectivity index (χ1) is 10.1. The molecule has 21 heavy (non-hydrogen) atoms. The molecule has 3 rings (SSSR count). The minimum Gasteiger partial charge on any atom is -0.322 e. The van der Waals surface area contributed by atoms with Gasteiger partial charge < -0.3 is 4.57 Å². The number of fused-ring (bicyclic) bond motifs is 1. The van der Waals surface area contributed by atoms with E-state index in [-0.39, 0.29) is 11.2 Å². The molecule has 0 saturated heterocycles. The molecule has 0 N–H and O–H groups in total. The van der Waals surface area contributed by atoms with Gasteiger partial charge in [0.15, 0.2) is 5.82 Å². The zero-order valence-corrected chi connectivity index (χ0v) is 12.9. The van der Waals surface area contributed by atoms with Crippen LogP contribution in [0.4, 0.5) is 4.39 Å². The molecule has 0 aliphatic carbocycles. The maximum atomic E-state index is 13.9. The van der Waals surface area contributed by atoms with Crippen LogP contribution in [0.5, 0.6) is 0 Å². The number of para-hydroxylation sites is 1. The van der Waals surface area contributed by atoms with Crippen molar-refractivity contribution in [1.29, 1.82) is 0 Å². The highest BCUT2D eigenvalue weighted by Gasteiger charge is 2.17. The Kier molecular flexibility index (Phi) is 3.87. The number of nitrogens with zero attached hydrogens (tertiary/aromatic N) is 2. The summed E-state index contributed by atoms with van der Waals surface area (Å²) in [4.78, 5) is 4.35. The molecule has 5 heteroatoms. The summed E-state index contributed by atoms with van der Waals surface area (Å²) < 4.78 is 15.8. The number of aromatic nitrogens is 2. The fraction of sp³-hybridized carbons (Fsp3) is 0.188. The molecule has 1 unspecified atom stereocenters. The Morgan fingerprint density at radius 1 is 1.24 bits per heavy atom. The third-order valence-electron chi connectivity index (χ3n) is 3.34. The van der Waals surface area contributed by atoms with E-state index in [0.29, 0.717) is 22.9 Å². The summed E-state index contributed by atoms with van der Waals surface area (Å²) in [7, 11) is 0. The number of hydrogen-bond donors (Lipinski definition) is 0. The maximum Gasteiger partial charge on any atom is 0.151 e. The monoisotopic (exact) mass is 322 g/mol. The summed E-state index contributed by atoms with van der Waals surface area (Å²) in [5.74, 6) is 0.313. The van der Waals surface area contributed by atoms with Crippen molar-refractivity contribution in [3.8, 4) is 0 Å². The van der Waals surface area contributed by atoms with E-state index in [0.717, 1.165) is 11.1 Å². The predicted molar refractivity (Wildman–Crippen MR) is 84.5 cm³/mol. The van der Waals surface area contributed by atoms with Gasteiger partial charge in [-0.2, -0.15) is 0 Å². The topological polar surface area (TPSA) is 17.8 Å². The van der Waals surface area contributed by atoms with Gasteiger partial charge in [-0.1, -0.05) is 29.8 Å². The molecule has 1 heterocycles. The molecule has 108 valence electrons. The third-order valence-corrected chi connectivity index (χ3v) is 3.77. The first kappa shape index (κ1) is 14.4. The van der Waals surface area contributed by atoms with Crippen molar-refractivity contribution in [2.45, 2.75) is 18.8 Å². The van der Waals surface area contributed by atoms with Gasteiger partial charge in [0.1, 0.15) is 11.3 Å². The van der Waals surface area contributed by atoms with Crippen LogP contribution in [0, 0.1) is 5.82 Å². The fourth-order valence-electron chi connectivity index (χ4n) is 2.42. The first-order valence-corrected chi connectivity index (χ1v) is 7.41. The van der Waals surface area contributed by atoms with Gasteiger partial charge in [0.25, 0.3) is 0 Å². The Bertz CT molecular complexity index is 796. The molecular formula is C16H13Cl2FN2. The summed E-state index contributed by atoms with van der Waals surface area (Å²) in [6.45, 7) is 2.38. The summed E-state index contributed by atoms with van der Waals surface area (Å²) in [5.41, 5.74) is 2.10. The number of alkyl halides is 1. The van der Waals surface area contributed by atoms with E-state index in [1.54, 1.807) is 6.07 Å². The summed E-state index contributed by atoms with van der Waals surface area (Å²) in [6, 6.07) is 12.5. The lowest BCUT2D eigenvalue weighted by Gasteiger charge is -2.11. The first-order valence-electron chi connectivity index (χ1n) is 6.59. The average Bonchev–Trinajstić information content (AvgIpc) is 2.80. The minimum atomic E-state index is -0.337. The van der Waals surface area contributed by atoms with Crippen LogP contribution in [-0.4, -0.2) is 9.55 Å². The Hall–Kier alpha value is -1.58. The van der Waals surface area contributed by atoms with Gasteiger partial charge in [0.05, 0.1) is 10.9 Å². The number of imidazole rings is 1. The molecule has 0 spiro atoms. The Morgan fingerprint density at radius 2 is 2.00 bits per heavy atom. The summed E-state index contributed by atoms with van der Waals surface area (Å²) >= 11 is 12.2. The highest BCUT2D eigenvalue weighted by Crippen LogP contribution is 2.27. The van der Waals surface area contributed by atoms with Crippen LogP contribution in [0.3, 0.4) is 0 Å². The van der Waals surface area contributed by atoms with Crippen LogP contribution in [0.15, 0.2) is 42.5 Å². The second-order valence-corrected chi connectivity index (χ2v) is 6.00. The van der Waals surface area contributed by atoms with Crippen molar-refractivity contribution >= 4 is 34.2 Å². The normalized spacial score (nSPS) is 12.8. The van der Waals surface area contributed by atoms with E-state index in [1.165, 1.54) is 6.07 Å². The fourth-order valence-corrected chi connectivity index (χ4v) is 2.80. The third kappa shape index (κ3) is 2.76. The molecule has 0 fully saturated rings. The molecule has 0 aliphatic heterocycles. The molecule has 0 amide bonds. The molecule has 3 aromatic rings. The molecule has 0 bridgehead atoms. The highest BCUT2D eigenvalue weighted by molar-refractivity contribution is 6.30. The SMILES string of the molecule is CC(Cl)c1nc2c(F)cccc2n1Cc1cccc(Cl)c1. The second kappa shape index (κ2) is 5.66. The largest absolute Gasteiger partial charge is 0.322 e. The maximum absolute atomic E-state index is 13.9. The van der Waals surface area contributed by atoms with Crippen LogP contribution in [-0.2, 0) is 6.54 Å². The number of benzene rings is 2. The van der Waals surface area contributed by atoms with Crippen LogP contribution in [0.25, 0.3) is 11.0 Å². The highest BCUT2D eigenvalue weighted by atomic mass is 35.5. The standard InChI is InChI=1S/C16H13Cl2FN2/c1-10(17)16-20-15-13(19)6-3-7-14(15)21(16)9-11-4-2-5-12(18)8-11/h2-8,10H,9H2,1H3. The lowest BCUT2D eigenvalue weighted by Crippen LogP contribution is -2.05. The van der Waals surface area contributed by atoms with E-state index < -0.39 is 0 Å². The van der Waals surface area contributed by atoms with Gasteiger partial charge in [-0.25, -0.2) is 9.37 Å². The smallest absolute Gasteiger partial charge is 0.151 e. The Morgan fingerprint density at radius 3 is 2.71 bits per heavy atom. The van der Waals surface area contributed by atoms with Crippen molar-refractivity contribution in [2.75, 3.05) is 0 Å². The molecule has 2 aromatic carbocycles. The minimum absolute atomic E-state index is 0.309. The van der Waals surface area contributed by atoms with Crippen LogP contribution >= 0.6 is 23.2 Å². The van der Waals surface area contributed by atoms with E-state index >= 15 is 0 Å². The van der Waals surface area contributed by atoms with Gasteiger partial charge in [-0.15, -0.1) is 11.6 Å². The van der Waals surface area contributed by atoms with Gasteiger partial charge in [-0.05, 0) is 36.8 Å². The van der Waals surface area contributed by atoms with Crippen molar-refractivity contribution in [2.24, 2.45) is 0 Å². The van der Waals surface area contributed by atoms with Crippen molar-refractivity contribution < 1.29 is 4.39 Å². The Balaban J connectivity index is 2.16. The zero-order valence-electron chi connectivity index (χ0n) is 11.4. The van der Waals surface area contributed by atoms with Crippen molar-refractivity contribution in [3.05, 3.63) is 64.7 Å². The molecular weight excluding hydrogens is 310 g/mol. The second-order valence-electron chi connectivity index (χ2n) is 4.91. The molecule has 0 saturated carbocycles. The lowest BCUT2D eigenvalue weighted by atomic mass is 10.2. The molecule has 2 nitrogen and oxygen atoms in total. The van der Waals surface area contributed by atoms with Gasteiger partial charge in [0.2, 0.25) is 0 Å². The van der Waals surface area contributed by atoms with Gasteiger partial charge in [-0.3, -0.25) is 0 Å². The van der Waals surface area contributed by atoms with E-state index in [4.69, 9.17) is 23.2 Å². The van der Waals surface area contributed by atoms with Crippen LogP contribution in [0.2, 0.25) is 5.02 Å². The molecule has 1 aromatic heterocycles. The van der Waals surface area contributed by atoms with E-state index in [1.807, 2.05) is 41.8 Å². The lowest BCUT2D eigenvalue weighted by molar-refractivity contribution is 0.637. The summed E-state index contributed by atoms with van der Waals surface area (Å²) in [6.07, 6.45) is 0.